The molecule has 2 heterocycles. The molecule has 1 N–H and O–H groups in total. The molecular formula is C15H16N2S3. The minimum atomic E-state index is 1.03. The number of rotatable bonds is 7. The van der Waals surface area contributed by atoms with E-state index in [4.69, 9.17) is 0 Å². The molecule has 0 fully saturated rings. The highest BCUT2D eigenvalue weighted by Gasteiger charge is 2.02. The van der Waals surface area contributed by atoms with Crippen LogP contribution in [0, 0.1) is 0 Å². The number of para-hydroxylation sites is 1. The lowest BCUT2D eigenvalue weighted by Gasteiger charge is -2.02. The van der Waals surface area contributed by atoms with E-state index >= 15 is 0 Å². The first-order chi connectivity index (χ1) is 9.92. The molecule has 20 heavy (non-hydrogen) atoms. The average molecular weight is 321 g/mol. The molecule has 104 valence electrons. The fourth-order valence-electron chi connectivity index (χ4n) is 1.92. The first kappa shape index (κ1) is 14.1. The molecule has 0 unspecified atom stereocenters. The van der Waals surface area contributed by atoms with E-state index in [1.165, 1.54) is 14.6 Å². The Labute approximate surface area is 131 Å². The molecule has 0 aliphatic rings. The number of thiophene rings is 1. The van der Waals surface area contributed by atoms with Crippen LogP contribution in [0.4, 0.5) is 0 Å². The molecule has 5 heteroatoms. The Hall–Kier alpha value is -0.880. The monoisotopic (exact) mass is 320 g/mol. The SMILES string of the molecule is c1ccc2sc(SCCNCCc3ccsc3)nc2c1. The Bertz CT molecular complexity index is 613. The third-order valence-electron chi connectivity index (χ3n) is 2.95. The van der Waals surface area contributed by atoms with Crippen molar-refractivity contribution in [2.45, 2.75) is 10.8 Å². The van der Waals surface area contributed by atoms with Crippen LogP contribution in [0.2, 0.25) is 0 Å². The molecule has 3 rings (SSSR count). The van der Waals surface area contributed by atoms with Crippen molar-refractivity contribution in [3.63, 3.8) is 0 Å². The molecule has 1 aromatic carbocycles. The molecule has 0 amide bonds. The minimum Gasteiger partial charge on any atom is -0.316 e. The fourth-order valence-corrected chi connectivity index (χ4v) is 4.66. The van der Waals surface area contributed by atoms with Gasteiger partial charge in [-0.2, -0.15) is 11.3 Å². The number of hydrogen-bond donors (Lipinski definition) is 1. The molecule has 0 saturated carbocycles. The van der Waals surface area contributed by atoms with Gasteiger partial charge < -0.3 is 5.32 Å². The number of aromatic nitrogens is 1. The van der Waals surface area contributed by atoms with Crippen LogP contribution >= 0.6 is 34.4 Å². The average Bonchev–Trinajstić information content (AvgIpc) is 3.11. The summed E-state index contributed by atoms with van der Waals surface area (Å²) in [5.74, 6) is 1.07. The van der Waals surface area contributed by atoms with E-state index in [1.807, 2.05) is 17.8 Å². The van der Waals surface area contributed by atoms with Crippen LogP contribution in [-0.4, -0.2) is 23.8 Å². The van der Waals surface area contributed by atoms with E-state index in [9.17, 15) is 0 Å². The van der Waals surface area contributed by atoms with Crippen molar-refractivity contribution in [1.82, 2.24) is 10.3 Å². The molecule has 2 aromatic heterocycles. The van der Waals surface area contributed by atoms with E-state index in [0.29, 0.717) is 0 Å². The number of fused-ring (bicyclic) bond motifs is 1. The lowest BCUT2D eigenvalue weighted by atomic mass is 10.2. The zero-order valence-electron chi connectivity index (χ0n) is 11.0. The van der Waals surface area contributed by atoms with Gasteiger partial charge in [-0.15, -0.1) is 11.3 Å². The Morgan fingerprint density at radius 1 is 1.15 bits per heavy atom. The van der Waals surface area contributed by atoms with Crippen molar-refractivity contribution in [1.29, 1.82) is 0 Å². The highest BCUT2D eigenvalue weighted by molar-refractivity contribution is 8.01. The fraction of sp³-hybridized carbons (Fsp3) is 0.267. The summed E-state index contributed by atoms with van der Waals surface area (Å²) in [5, 5.41) is 7.85. The maximum atomic E-state index is 4.63. The van der Waals surface area contributed by atoms with Crippen LogP contribution in [0.3, 0.4) is 0 Å². The lowest BCUT2D eigenvalue weighted by molar-refractivity contribution is 0.722. The topological polar surface area (TPSA) is 24.9 Å². The van der Waals surface area contributed by atoms with Gasteiger partial charge in [0.2, 0.25) is 0 Å². The van der Waals surface area contributed by atoms with Crippen LogP contribution in [0.1, 0.15) is 5.56 Å². The first-order valence-corrected chi connectivity index (χ1v) is 9.36. The zero-order valence-corrected chi connectivity index (χ0v) is 13.5. The van der Waals surface area contributed by atoms with Crippen LogP contribution in [0.15, 0.2) is 45.4 Å². The summed E-state index contributed by atoms with van der Waals surface area (Å²) in [6, 6.07) is 10.5. The highest BCUT2D eigenvalue weighted by atomic mass is 32.2. The van der Waals surface area contributed by atoms with E-state index < -0.39 is 0 Å². The summed E-state index contributed by atoms with van der Waals surface area (Å²) >= 11 is 5.39. The van der Waals surface area contributed by atoms with Gasteiger partial charge in [-0.3, -0.25) is 0 Å². The Morgan fingerprint density at radius 2 is 2.10 bits per heavy atom. The van der Waals surface area contributed by atoms with Crippen LogP contribution in [-0.2, 0) is 6.42 Å². The molecule has 2 nitrogen and oxygen atoms in total. The van der Waals surface area contributed by atoms with E-state index in [1.54, 1.807) is 22.7 Å². The van der Waals surface area contributed by atoms with Crippen LogP contribution in [0.25, 0.3) is 10.2 Å². The van der Waals surface area contributed by atoms with Gasteiger partial charge >= 0.3 is 0 Å². The van der Waals surface area contributed by atoms with Gasteiger partial charge in [0.05, 0.1) is 10.2 Å². The second-order valence-electron chi connectivity index (χ2n) is 4.43. The predicted octanol–water partition coefficient (Wildman–Crippen LogP) is 4.28. The van der Waals surface area contributed by atoms with Crippen molar-refractivity contribution in [3.05, 3.63) is 46.7 Å². The van der Waals surface area contributed by atoms with Gasteiger partial charge in [0, 0.05) is 12.3 Å². The minimum absolute atomic E-state index is 1.03. The Balaban J connectivity index is 1.37. The van der Waals surface area contributed by atoms with E-state index in [-0.39, 0.29) is 0 Å². The van der Waals surface area contributed by atoms with E-state index in [2.05, 4.69) is 45.3 Å². The Morgan fingerprint density at radius 3 is 2.95 bits per heavy atom. The smallest absolute Gasteiger partial charge is 0.151 e. The molecule has 0 saturated heterocycles. The number of hydrogen-bond acceptors (Lipinski definition) is 5. The number of thioether (sulfide) groups is 1. The molecule has 0 bridgehead atoms. The van der Waals surface area contributed by atoms with Crippen LogP contribution in [0.5, 0.6) is 0 Å². The van der Waals surface area contributed by atoms with Gasteiger partial charge in [0.15, 0.2) is 4.34 Å². The maximum absolute atomic E-state index is 4.63. The van der Waals surface area contributed by atoms with Crippen molar-refractivity contribution >= 4 is 44.7 Å². The van der Waals surface area contributed by atoms with E-state index in [0.717, 1.165) is 30.8 Å². The van der Waals surface area contributed by atoms with Gasteiger partial charge in [-0.1, -0.05) is 23.9 Å². The first-order valence-electron chi connectivity index (χ1n) is 6.62. The largest absolute Gasteiger partial charge is 0.316 e. The quantitative estimate of drug-likeness (QED) is 0.519. The normalized spacial score (nSPS) is 11.2. The van der Waals surface area contributed by atoms with Crippen LogP contribution < -0.4 is 5.32 Å². The summed E-state index contributed by atoms with van der Waals surface area (Å²) in [5.41, 5.74) is 2.55. The number of nitrogens with zero attached hydrogens (tertiary/aromatic N) is 1. The summed E-state index contributed by atoms with van der Waals surface area (Å²) in [7, 11) is 0. The van der Waals surface area contributed by atoms with Gasteiger partial charge in [-0.25, -0.2) is 4.98 Å². The van der Waals surface area contributed by atoms with Gasteiger partial charge in [-0.05, 0) is 47.5 Å². The van der Waals surface area contributed by atoms with Crippen molar-refractivity contribution < 1.29 is 0 Å². The highest BCUT2D eigenvalue weighted by Crippen LogP contribution is 2.28. The van der Waals surface area contributed by atoms with Crippen molar-refractivity contribution in [3.8, 4) is 0 Å². The summed E-state index contributed by atoms with van der Waals surface area (Å²) in [4.78, 5) is 4.63. The second-order valence-corrected chi connectivity index (χ2v) is 7.58. The standard InChI is InChI=1S/C15H16N2S3/c1-2-4-14-13(3-1)17-15(20-14)19-10-8-16-7-5-12-6-9-18-11-12/h1-4,6,9,11,16H,5,7-8,10H2. The summed E-state index contributed by atoms with van der Waals surface area (Å²) < 4.78 is 2.45. The molecule has 0 aliphatic carbocycles. The number of thiazole rings is 1. The maximum Gasteiger partial charge on any atom is 0.151 e. The van der Waals surface area contributed by atoms with Gasteiger partial charge in [0.1, 0.15) is 0 Å². The zero-order chi connectivity index (χ0) is 13.6. The summed E-state index contributed by atoms with van der Waals surface area (Å²) in [6.07, 6.45) is 1.12. The molecule has 0 atom stereocenters. The van der Waals surface area contributed by atoms with Crippen molar-refractivity contribution in [2.75, 3.05) is 18.8 Å². The molecule has 0 spiro atoms. The predicted molar refractivity (Wildman–Crippen MR) is 91.2 cm³/mol. The summed E-state index contributed by atoms with van der Waals surface area (Å²) in [6.45, 7) is 2.09. The van der Waals surface area contributed by atoms with Gasteiger partial charge in [0.25, 0.3) is 0 Å². The molecule has 0 aliphatic heterocycles. The van der Waals surface area contributed by atoms with Crippen molar-refractivity contribution in [2.24, 2.45) is 0 Å². The second kappa shape index (κ2) is 7.22. The Kier molecular flexibility index (Phi) is 5.08. The molecule has 0 radical (unpaired) electrons. The molecular weight excluding hydrogens is 304 g/mol. The third kappa shape index (κ3) is 3.82. The molecule has 3 aromatic rings. The number of benzene rings is 1. The lowest BCUT2D eigenvalue weighted by Crippen LogP contribution is -2.19. The third-order valence-corrected chi connectivity index (χ3v) is 5.86. The number of nitrogens with one attached hydrogen (secondary N) is 1.